The first kappa shape index (κ1) is 17.3. The summed E-state index contributed by atoms with van der Waals surface area (Å²) in [4.78, 5) is 22.2. The molecular formula is C23H19N5O. The number of hydrogen-bond donors (Lipinski definition) is 1. The highest BCUT2D eigenvalue weighted by atomic mass is 16.1. The molecule has 0 fully saturated rings. The Kier molecular flexibility index (Phi) is 3.81. The quantitative estimate of drug-likeness (QED) is 0.516. The molecule has 1 aliphatic carbocycles. The van der Waals surface area contributed by atoms with E-state index in [-0.39, 0.29) is 11.7 Å². The van der Waals surface area contributed by atoms with Gasteiger partial charge in [-0.25, -0.2) is 9.97 Å². The highest BCUT2D eigenvalue weighted by molar-refractivity contribution is 6.24. The molecule has 0 unspecified atom stereocenters. The lowest BCUT2D eigenvalue weighted by atomic mass is 9.97. The number of carbonyl (C=O) groups is 1. The number of nitrogens with zero attached hydrogens (tertiary/aromatic N) is 4. The number of fused-ring (bicyclic) bond motifs is 3. The number of hydrogen-bond acceptors (Lipinski definition) is 5. The third-order valence-corrected chi connectivity index (χ3v) is 5.26. The summed E-state index contributed by atoms with van der Waals surface area (Å²) >= 11 is 0. The molecule has 2 aromatic heterocycles. The smallest absolute Gasteiger partial charge is 0.221 e. The Morgan fingerprint density at radius 1 is 1.00 bits per heavy atom. The Morgan fingerprint density at radius 2 is 1.76 bits per heavy atom. The number of anilines is 1. The van der Waals surface area contributed by atoms with Gasteiger partial charge in [0, 0.05) is 36.4 Å². The van der Waals surface area contributed by atoms with E-state index in [9.17, 15) is 4.79 Å². The molecule has 0 amide bonds. The topological polar surface area (TPSA) is 86.7 Å². The average Bonchev–Trinajstić information content (AvgIpc) is 3.24. The lowest BCUT2D eigenvalue weighted by molar-refractivity contribution is 0.104. The molecule has 0 atom stereocenters. The van der Waals surface area contributed by atoms with E-state index in [1.165, 1.54) is 0 Å². The number of nitrogens with two attached hydrogens (primary N) is 1. The van der Waals surface area contributed by atoms with Gasteiger partial charge < -0.3 is 5.73 Å². The molecule has 2 N–H and O–H groups in total. The first-order chi connectivity index (χ1) is 14.0. The van der Waals surface area contributed by atoms with Crippen LogP contribution >= 0.6 is 0 Å². The van der Waals surface area contributed by atoms with Crippen molar-refractivity contribution in [3.05, 3.63) is 82.7 Å². The van der Waals surface area contributed by atoms with Crippen molar-refractivity contribution in [3.8, 4) is 22.5 Å². The third kappa shape index (κ3) is 2.81. The van der Waals surface area contributed by atoms with Crippen LogP contribution in [-0.4, -0.2) is 25.5 Å². The maximum atomic E-state index is 13.3. The summed E-state index contributed by atoms with van der Waals surface area (Å²) < 4.78 is 1.77. The van der Waals surface area contributed by atoms with Crippen LogP contribution in [0.4, 0.5) is 5.95 Å². The van der Waals surface area contributed by atoms with Crippen molar-refractivity contribution >= 4 is 11.7 Å². The molecule has 0 spiro atoms. The van der Waals surface area contributed by atoms with Crippen molar-refractivity contribution in [2.24, 2.45) is 7.05 Å². The molecule has 0 bridgehead atoms. The Hall–Kier alpha value is -3.80. The molecule has 2 heterocycles. The van der Waals surface area contributed by atoms with Crippen LogP contribution in [-0.2, 0) is 13.5 Å². The van der Waals surface area contributed by atoms with Gasteiger partial charge >= 0.3 is 0 Å². The number of nitrogen functional groups attached to an aromatic ring is 1. The van der Waals surface area contributed by atoms with Gasteiger partial charge in [0.25, 0.3) is 0 Å². The van der Waals surface area contributed by atoms with Crippen molar-refractivity contribution in [1.82, 2.24) is 19.7 Å². The fraction of sp³-hybridized carbons (Fsp3) is 0.130. The average molecular weight is 381 g/mol. The van der Waals surface area contributed by atoms with E-state index in [0.717, 1.165) is 27.8 Å². The van der Waals surface area contributed by atoms with Crippen LogP contribution < -0.4 is 5.73 Å². The summed E-state index contributed by atoms with van der Waals surface area (Å²) in [6, 6.07) is 13.7. The zero-order chi connectivity index (χ0) is 20.1. The van der Waals surface area contributed by atoms with Crippen LogP contribution in [0.2, 0.25) is 0 Å². The van der Waals surface area contributed by atoms with Crippen molar-refractivity contribution in [3.63, 3.8) is 0 Å². The highest BCUT2D eigenvalue weighted by Gasteiger charge is 2.34. The lowest BCUT2D eigenvalue weighted by Crippen LogP contribution is -2.05. The fourth-order valence-electron chi connectivity index (χ4n) is 3.93. The van der Waals surface area contributed by atoms with Gasteiger partial charge in [0.05, 0.1) is 23.1 Å². The molecule has 4 aromatic rings. The van der Waals surface area contributed by atoms with E-state index in [1.54, 1.807) is 4.68 Å². The van der Waals surface area contributed by atoms with Crippen LogP contribution in [0, 0.1) is 6.92 Å². The largest absolute Gasteiger partial charge is 0.368 e. The highest BCUT2D eigenvalue weighted by Crippen LogP contribution is 2.42. The Labute approximate surface area is 168 Å². The molecule has 1 aliphatic rings. The second-order valence-electron chi connectivity index (χ2n) is 7.39. The second-order valence-corrected chi connectivity index (χ2v) is 7.39. The normalized spacial score (nSPS) is 12.1. The molecule has 0 saturated carbocycles. The van der Waals surface area contributed by atoms with Crippen LogP contribution in [0.3, 0.4) is 0 Å². The summed E-state index contributed by atoms with van der Waals surface area (Å²) in [5, 5.41) is 4.24. The van der Waals surface area contributed by atoms with Gasteiger partial charge in [-0.15, -0.1) is 0 Å². The van der Waals surface area contributed by atoms with Gasteiger partial charge in [0.15, 0.2) is 5.78 Å². The molecule has 142 valence electrons. The molecule has 6 heteroatoms. The van der Waals surface area contributed by atoms with E-state index in [2.05, 4.69) is 15.1 Å². The summed E-state index contributed by atoms with van der Waals surface area (Å²) in [7, 11) is 1.89. The molecular weight excluding hydrogens is 362 g/mol. The number of ketones is 1. The first-order valence-electron chi connectivity index (χ1n) is 9.40. The van der Waals surface area contributed by atoms with Crippen LogP contribution in [0.5, 0.6) is 0 Å². The van der Waals surface area contributed by atoms with E-state index < -0.39 is 0 Å². The van der Waals surface area contributed by atoms with E-state index in [0.29, 0.717) is 28.9 Å². The van der Waals surface area contributed by atoms with E-state index in [4.69, 9.17) is 5.73 Å². The number of carbonyl (C=O) groups excluding carboxylic acids is 1. The lowest BCUT2D eigenvalue weighted by Gasteiger charge is -2.10. The van der Waals surface area contributed by atoms with Crippen molar-refractivity contribution in [2.75, 3.05) is 5.73 Å². The fourth-order valence-corrected chi connectivity index (χ4v) is 3.93. The first-order valence-corrected chi connectivity index (χ1v) is 9.40. The van der Waals surface area contributed by atoms with E-state index >= 15 is 0 Å². The van der Waals surface area contributed by atoms with Gasteiger partial charge in [0.1, 0.15) is 0 Å². The monoisotopic (exact) mass is 381 g/mol. The molecule has 0 saturated heterocycles. The summed E-state index contributed by atoms with van der Waals surface area (Å²) in [5.74, 6) is 0.106. The number of aromatic nitrogens is 4. The number of benzene rings is 2. The van der Waals surface area contributed by atoms with Crippen molar-refractivity contribution in [1.29, 1.82) is 0 Å². The standard InChI is InChI=1S/C23H19N5O/c1-13-6-8-15(9-7-13)20-19-21(27-23(24)26-20)18-16(4-3-5-17(18)22(19)29)10-14-11-25-28(2)12-14/h3-9,11-12H,10H2,1-2H3,(H2,24,26,27). The van der Waals surface area contributed by atoms with Crippen LogP contribution in [0.25, 0.3) is 22.5 Å². The third-order valence-electron chi connectivity index (χ3n) is 5.26. The molecule has 5 rings (SSSR count). The van der Waals surface area contributed by atoms with Crippen LogP contribution in [0.1, 0.15) is 32.6 Å². The number of rotatable bonds is 3. The molecule has 6 nitrogen and oxygen atoms in total. The molecule has 0 radical (unpaired) electrons. The molecule has 2 aromatic carbocycles. The predicted octanol–water partition coefficient (Wildman–Crippen LogP) is 3.57. The Balaban J connectivity index is 1.71. The minimum absolute atomic E-state index is 0.0568. The minimum Gasteiger partial charge on any atom is -0.368 e. The molecule has 29 heavy (non-hydrogen) atoms. The summed E-state index contributed by atoms with van der Waals surface area (Å²) in [5.41, 5.74) is 13.4. The Morgan fingerprint density at radius 3 is 2.48 bits per heavy atom. The zero-order valence-corrected chi connectivity index (χ0v) is 16.2. The van der Waals surface area contributed by atoms with Gasteiger partial charge in [-0.2, -0.15) is 5.10 Å². The summed E-state index contributed by atoms with van der Waals surface area (Å²) in [6.07, 6.45) is 4.47. The predicted molar refractivity (Wildman–Crippen MR) is 111 cm³/mol. The van der Waals surface area contributed by atoms with Gasteiger partial charge in [-0.05, 0) is 18.1 Å². The summed E-state index contributed by atoms with van der Waals surface area (Å²) in [6.45, 7) is 2.02. The van der Waals surface area contributed by atoms with Gasteiger partial charge in [-0.1, -0.05) is 48.0 Å². The van der Waals surface area contributed by atoms with Gasteiger partial charge in [-0.3, -0.25) is 9.48 Å². The van der Waals surface area contributed by atoms with Gasteiger partial charge in [0.2, 0.25) is 5.95 Å². The number of aryl methyl sites for hydroxylation is 2. The minimum atomic E-state index is -0.0568. The SMILES string of the molecule is Cc1ccc(-c2nc(N)nc3c2C(=O)c2cccc(Cc4cnn(C)c4)c2-3)cc1. The van der Waals surface area contributed by atoms with Crippen molar-refractivity contribution < 1.29 is 4.79 Å². The zero-order valence-electron chi connectivity index (χ0n) is 16.2. The van der Waals surface area contributed by atoms with Crippen LogP contribution in [0.15, 0.2) is 54.9 Å². The maximum Gasteiger partial charge on any atom is 0.221 e. The van der Waals surface area contributed by atoms with E-state index in [1.807, 2.05) is 68.8 Å². The second kappa shape index (κ2) is 6.38. The maximum absolute atomic E-state index is 13.3. The van der Waals surface area contributed by atoms with Crippen molar-refractivity contribution in [2.45, 2.75) is 13.3 Å². The molecule has 0 aliphatic heterocycles. The Bertz CT molecular complexity index is 1270.